The molecular formula is C17H16ClF2N3O4S. The number of carbonyl (C=O) groups is 2. The molecule has 3 rings (SSSR count). The first-order valence-electron chi connectivity index (χ1n) is 8.10. The lowest BCUT2D eigenvalue weighted by Crippen LogP contribution is -2.31. The lowest BCUT2D eigenvalue weighted by molar-refractivity contribution is -0.122. The molecular weight excluding hydrogens is 416 g/mol. The number of hydrogen-bond donors (Lipinski definition) is 2. The van der Waals surface area contributed by atoms with Crippen molar-refractivity contribution in [1.82, 2.24) is 4.57 Å². The van der Waals surface area contributed by atoms with E-state index in [1.54, 1.807) is 0 Å². The van der Waals surface area contributed by atoms with Gasteiger partial charge < -0.3 is 15.6 Å². The van der Waals surface area contributed by atoms with Crippen LogP contribution in [-0.2, 0) is 21.7 Å². The van der Waals surface area contributed by atoms with Crippen molar-refractivity contribution >= 4 is 38.9 Å². The SMILES string of the molecule is Cn1cc(S(=O)(=O)CC2(C(N)=O)CC2)cc1C(=O)Nc1cc(F)c(F)c(Cl)c1. The van der Waals surface area contributed by atoms with Crippen LogP contribution in [0.25, 0.3) is 0 Å². The van der Waals surface area contributed by atoms with E-state index in [9.17, 15) is 26.8 Å². The van der Waals surface area contributed by atoms with Crippen molar-refractivity contribution in [2.24, 2.45) is 18.2 Å². The third-order valence-electron chi connectivity index (χ3n) is 4.66. The van der Waals surface area contributed by atoms with Crippen LogP contribution < -0.4 is 11.1 Å². The summed E-state index contributed by atoms with van der Waals surface area (Å²) >= 11 is 5.55. The summed E-state index contributed by atoms with van der Waals surface area (Å²) in [5.74, 6) is -4.32. The minimum absolute atomic E-state index is 0.0386. The molecule has 1 aliphatic carbocycles. The normalized spacial score (nSPS) is 15.3. The molecule has 0 aliphatic heterocycles. The van der Waals surface area contributed by atoms with Gasteiger partial charge in [-0.3, -0.25) is 9.59 Å². The lowest BCUT2D eigenvalue weighted by atomic mass is 10.1. The Morgan fingerprint density at radius 2 is 1.93 bits per heavy atom. The highest BCUT2D eigenvalue weighted by molar-refractivity contribution is 7.91. The molecule has 0 bridgehead atoms. The number of anilines is 1. The van der Waals surface area contributed by atoms with E-state index in [2.05, 4.69) is 5.32 Å². The Kier molecular flexibility index (Phi) is 4.96. The Labute approximate surface area is 164 Å². The summed E-state index contributed by atoms with van der Waals surface area (Å²) in [5, 5.41) is 1.82. The van der Waals surface area contributed by atoms with Crippen molar-refractivity contribution in [3.63, 3.8) is 0 Å². The van der Waals surface area contributed by atoms with E-state index in [1.165, 1.54) is 17.8 Å². The van der Waals surface area contributed by atoms with Gasteiger partial charge in [-0.2, -0.15) is 0 Å². The summed E-state index contributed by atoms with van der Waals surface area (Å²) in [6.45, 7) is 0. The number of rotatable bonds is 6. The third kappa shape index (κ3) is 3.74. The fourth-order valence-corrected chi connectivity index (χ4v) is 4.96. The van der Waals surface area contributed by atoms with Gasteiger partial charge in [0.15, 0.2) is 21.5 Å². The first-order chi connectivity index (χ1) is 12.9. The largest absolute Gasteiger partial charge is 0.369 e. The van der Waals surface area contributed by atoms with Crippen molar-refractivity contribution in [3.05, 3.63) is 46.7 Å². The molecule has 28 heavy (non-hydrogen) atoms. The molecule has 2 amide bonds. The van der Waals surface area contributed by atoms with Gasteiger partial charge >= 0.3 is 0 Å². The highest BCUT2D eigenvalue weighted by Crippen LogP contribution is 2.47. The zero-order valence-electron chi connectivity index (χ0n) is 14.6. The predicted molar refractivity (Wildman–Crippen MR) is 97.6 cm³/mol. The quantitative estimate of drug-likeness (QED) is 0.683. The van der Waals surface area contributed by atoms with Crippen molar-refractivity contribution in [3.8, 4) is 0 Å². The van der Waals surface area contributed by atoms with Gasteiger partial charge in [0.05, 0.1) is 21.1 Å². The number of aromatic nitrogens is 1. The molecule has 1 heterocycles. The van der Waals surface area contributed by atoms with Crippen LogP contribution in [0.3, 0.4) is 0 Å². The number of nitrogens with zero attached hydrogens (tertiary/aromatic N) is 1. The maximum atomic E-state index is 13.4. The number of nitrogens with one attached hydrogen (secondary N) is 1. The molecule has 1 aromatic heterocycles. The lowest BCUT2D eigenvalue weighted by Gasteiger charge is -2.10. The average molecular weight is 432 g/mol. The Bertz CT molecular complexity index is 1070. The van der Waals surface area contributed by atoms with E-state index in [0.29, 0.717) is 12.8 Å². The molecule has 0 radical (unpaired) electrons. The van der Waals surface area contributed by atoms with Gasteiger partial charge in [0, 0.05) is 25.0 Å². The molecule has 1 fully saturated rings. The maximum Gasteiger partial charge on any atom is 0.272 e. The van der Waals surface area contributed by atoms with Gasteiger partial charge in [-0.05, 0) is 25.0 Å². The zero-order chi connectivity index (χ0) is 20.9. The molecule has 1 saturated carbocycles. The van der Waals surface area contributed by atoms with Crippen molar-refractivity contribution in [2.75, 3.05) is 11.1 Å². The van der Waals surface area contributed by atoms with Crippen LogP contribution in [0.2, 0.25) is 5.02 Å². The molecule has 0 atom stereocenters. The Morgan fingerprint density at radius 3 is 2.46 bits per heavy atom. The van der Waals surface area contributed by atoms with Crippen LogP contribution in [0, 0.1) is 17.0 Å². The minimum Gasteiger partial charge on any atom is -0.369 e. The highest BCUT2D eigenvalue weighted by atomic mass is 35.5. The number of halogens is 3. The monoisotopic (exact) mass is 431 g/mol. The average Bonchev–Trinajstić information content (AvgIpc) is 3.24. The smallest absolute Gasteiger partial charge is 0.272 e. The van der Waals surface area contributed by atoms with Gasteiger partial charge in [-0.1, -0.05) is 11.6 Å². The molecule has 2 aromatic rings. The van der Waals surface area contributed by atoms with Crippen LogP contribution in [0.4, 0.5) is 14.5 Å². The van der Waals surface area contributed by atoms with Crippen molar-refractivity contribution in [2.45, 2.75) is 17.7 Å². The van der Waals surface area contributed by atoms with Crippen molar-refractivity contribution in [1.29, 1.82) is 0 Å². The van der Waals surface area contributed by atoms with Crippen LogP contribution in [0.5, 0.6) is 0 Å². The van der Waals surface area contributed by atoms with Gasteiger partial charge in [0.1, 0.15) is 5.69 Å². The second-order valence-electron chi connectivity index (χ2n) is 6.78. The molecule has 11 heteroatoms. The molecule has 0 spiro atoms. The summed E-state index contributed by atoms with van der Waals surface area (Å²) in [7, 11) is -2.41. The summed E-state index contributed by atoms with van der Waals surface area (Å²) in [6, 6.07) is 2.93. The van der Waals surface area contributed by atoms with E-state index >= 15 is 0 Å². The van der Waals surface area contributed by atoms with Gasteiger partial charge in [0.25, 0.3) is 5.91 Å². The molecule has 150 valence electrons. The fraction of sp³-hybridized carbons (Fsp3) is 0.294. The molecule has 1 aliphatic rings. The fourth-order valence-electron chi connectivity index (χ4n) is 2.81. The Morgan fingerprint density at radius 1 is 1.29 bits per heavy atom. The number of amides is 2. The number of primary amides is 1. The number of hydrogen-bond acceptors (Lipinski definition) is 4. The summed E-state index contributed by atoms with van der Waals surface area (Å²) in [6.07, 6.45) is 2.04. The van der Waals surface area contributed by atoms with E-state index in [-0.39, 0.29) is 16.3 Å². The maximum absolute atomic E-state index is 13.4. The number of carbonyl (C=O) groups excluding carboxylic acids is 2. The molecule has 7 nitrogen and oxygen atoms in total. The Balaban J connectivity index is 1.84. The molecule has 3 N–H and O–H groups in total. The molecule has 0 unspecified atom stereocenters. The number of sulfone groups is 1. The second kappa shape index (κ2) is 6.85. The van der Waals surface area contributed by atoms with Crippen LogP contribution in [-0.4, -0.2) is 30.6 Å². The third-order valence-corrected chi connectivity index (χ3v) is 6.81. The van der Waals surface area contributed by atoms with E-state index in [1.807, 2.05) is 0 Å². The number of nitrogens with two attached hydrogens (primary N) is 1. The predicted octanol–water partition coefficient (Wildman–Crippen LogP) is 2.25. The van der Waals surface area contributed by atoms with E-state index in [0.717, 1.165) is 18.2 Å². The Hall–Kier alpha value is -2.46. The summed E-state index contributed by atoms with van der Waals surface area (Å²) < 4.78 is 53.2. The first kappa shape index (κ1) is 20.3. The van der Waals surface area contributed by atoms with E-state index in [4.69, 9.17) is 17.3 Å². The summed E-state index contributed by atoms with van der Waals surface area (Å²) in [4.78, 5) is 23.8. The zero-order valence-corrected chi connectivity index (χ0v) is 16.2. The number of benzene rings is 1. The summed E-state index contributed by atoms with van der Waals surface area (Å²) in [5.41, 5.74) is 4.09. The van der Waals surface area contributed by atoms with E-state index < -0.39 is 49.5 Å². The van der Waals surface area contributed by atoms with Crippen LogP contribution in [0.15, 0.2) is 29.3 Å². The van der Waals surface area contributed by atoms with Gasteiger partial charge in [-0.25, -0.2) is 17.2 Å². The van der Waals surface area contributed by atoms with Gasteiger partial charge in [-0.15, -0.1) is 0 Å². The van der Waals surface area contributed by atoms with Crippen LogP contribution >= 0.6 is 11.6 Å². The van der Waals surface area contributed by atoms with Crippen LogP contribution in [0.1, 0.15) is 23.3 Å². The van der Waals surface area contributed by atoms with Crippen molar-refractivity contribution < 1.29 is 26.8 Å². The van der Waals surface area contributed by atoms with Gasteiger partial charge in [0.2, 0.25) is 5.91 Å². The molecule has 0 saturated heterocycles. The molecule has 1 aromatic carbocycles. The first-order valence-corrected chi connectivity index (χ1v) is 10.1. The number of aryl methyl sites for hydroxylation is 1. The topological polar surface area (TPSA) is 111 Å². The second-order valence-corrected chi connectivity index (χ2v) is 9.18. The minimum atomic E-state index is -3.86. The standard InChI is InChI=1S/C17H16ClF2N3O4S/c1-23-7-10(28(26,27)8-17(2-3-17)16(21)25)6-13(23)15(24)22-9-4-11(18)14(20)12(19)5-9/h4-7H,2-3,8H2,1H3,(H2,21,25)(H,22,24). The highest BCUT2D eigenvalue weighted by Gasteiger charge is 2.51.